The molecule has 0 radical (unpaired) electrons. The first-order valence-corrected chi connectivity index (χ1v) is 9.44. The lowest BCUT2D eigenvalue weighted by Crippen LogP contribution is -2.94. The Morgan fingerprint density at radius 3 is 2.45 bits per heavy atom. The Morgan fingerprint density at radius 1 is 1.00 bits per heavy atom. The van der Waals surface area contributed by atoms with Crippen LogP contribution in [-0.4, -0.2) is 45.4 Å². The number of carbonyl (C=O) groups excluding carboxylic acids is 1. The average Bonchev–Trinajstić information content (AvgIpc) is 3.15. The molecule has 1 aliphatic rings. The van der Waals surface area contributed by atoms with Crippen LogP contribution in [0.4, 0.5) is 0 Å². The van der Waals surface area contributed by atoms with Gasteiger partial charge in [0.1, 0.15) is 0 Å². The maximum absolute atomic E-state index is 12.4. The van der Waals surface area contributed by atoms with E-state index in [1.54, 1.807) is 21.3 Å². The number of rotatable bonds is 5. The number of benzene rings is 2. The Bertz CT molecular complexity index is 1060. The van der Waals surface area contributed by atoms with Gasteiger partial charge in [-0.05, 0) is 23.8 Å². The second-order valence-electron chi connectivity index (χ2n) is 6.99. The molecule has 0 aliphatic carbocycles. The smallest absolute Gasteiger partial charge is 0.364 e. The van der Waals surface area contributed by atoms with Crippen LogP contribution in [0.25, 0.3) is 10.9 Å². The molecule has 152 valence electrons. The monoisotopic (exact) mass is 397 g/mol. The summed E-state index contributed by atoms with van der Waals surface area (Å²) in [6, 6.07) is 11.4. The molecule has 0 saturated carbocycles. The zero-order chi connectivity index (χ0) is 20.5. The Balaban J connectivity index is 1.93. The van der Waals surface area contributed by atoms with E-state index in [1.165, 1.54) is 7.11 Å². The van der Waals surface area contributed by atoms with E-state index in [1.807, 2.05) is 35.6 Å². The molecule has 7 nitrogen and oxygen atoms in total. The van der Waals surface area contributed by atoms with Crippen molar-refractivity contribution in [2.75, 3.05) is 28.4 Å². The highest BCUT2D eigenvalue weighted by Crippen LogP contribution is 2.44. The van der Waals surface area contributed by atoms with Crippen LogP contribution in [0.5, 0.6) is 17.2 Å². The number of para-hydroxylation sites is 1. The number of aromatic nitrogens is 1. The molecule has 2 atom stereocenters. The maximum Gasteiger partial charge on any atom is 0.364 e. The number of hydrogen-bond donors (Lipinski definition) is 2. The van der Waals surface area contributed by atoms with E-state index in [0.29, 0.717) is 23.7 Å². The Kier molecular flexibility index (Phi) is 5.07. The minimum absolute atomic E-state index is 0.190. The van der Waals surface area contributed by atoms with E-state index in [4.69, 9.17) is 18.9 Å². The largest absolute Gasteiger partial charge is 0.493 e. The van der Waals surface area contributed by atoms with Crippen molar-refractivity contribution in [3.63, 3.8) is 0 Å². The summed E-state index contributed by atoms with van der Waals surface area (Å²) in [4.78, 5) is 16.0. The molecule has 0 saturated heterocycles. The van der Waals surface area contributed by atoms with Crippen molar-refractivity contribution < 1.29 is 29.1 Å². The zero-order valence-electron chi connectivity index (χ0n) is 16.9. The minimum atomic E-state index is -0.352. The van der Waals surface area contributed by atoms with Gasteiger partial charge in [0.05, 0.1) is 39.7 Å². The van der Waals surface area contributed by atoms with Crippen LogP contribution in [-0.2, 0) is 16.0 Å². The van der Waals surface area contributed by atoms with Gasteiger partial charge >= 0.3 is 5.97 Å². The molecule has 0 amide bonds. The first kappa shape index (κ1) is 19.1. The van der Waals surface area contributed by atoms with Crippen molar-refractivity contribution in [1.29, 1.82) is 0 Å². The molecule has 4 rings (SSSR count). The fourth-order valence-electron chi connectivity index (χ4n) is 4.26. The fourth-order valence-corrected chi connectivity index (χ4v) is 4.26. The zero-order valence-corrected chi connectivity index (χ0v) is 16.9. The van der Waals surface area contributed by atoms with Gasteiger partial charge in [-0.2, -0.15) is 0 Å². The van der Waals surface area contributed by atoms with Gasteiger partial charge in [0.25, 0.3) is 0 Å². The topological polar surface area (TPSA) is 86.4 Å². The van der Waals surface area contributed by atoms with Crippen LogP contribution in [0.15, 0.2) is 36.4 Å². The molecule has 2 aromatic carbocycles. The summed E-state index contributed by atoms with van der Waals surface area (Å²) < 4.78 is 21.8. The molecule has 3 aromatic rings. The molecule has 0 spiro atoms. The quantitative estimate of drug-likeness (QED) is 0.643. The van der Waals surface area contributed by atoms with E-state index in [-0.39, 0.29) is 18.1 Å². The summed E-state index contributed by atoms with van der Waals surface area (Å²) >= 11 is 0. The van der Waals surface area contributed by atoms with Crippen molar-refractivity contribution in [2.45, 2.75) is 18.5 Å². The number of aromatic amines is 1. The number of methoxy groups -OCH3 is 4. The molecule has 1 aromatic heterocycles. The number of quaternary nitrogens is 1. The summed E-state index contributed by atoms with van der Waals surface area (Å²) in [5, 5.41) is 3.14. The highest BCUT2D eigenvalue weighted by molar-refractivity contribution is 5.86. The van der Waals surface area contributed by atoms with Crippen LogP contribution in [0, 0.1) is 0 Å². The molecule has 0 bridgehead atoms. The molecule has 2 heterocycles. The number of nitrogens with two attached hydrogens (primary N) is 1. The number of nitrogens with one attached hydrogen (secondary N) is 1. The SMILES string of the molecule is COC(=O)[C@H]1Cc2c([nH]c3ccccc23)[C@H](c2ccc(OC)c(OC)c2OC)[NH2+]1. The normalized spacial score (nSPS) is 18.2. The Labute approximate surface area is 168 Å². The van der Waals surface area contributed by atoms with Gasteiger partial charge in [-0.1, -0.05) is 18.2 Å². The second kappa shape index (κ2) is 7.67. The molecule has 29 heavy (non-hydrogen) atoms. The summed E-state index contributed by atoms with van der Waals surface area (Å²) in [6.45, 7) is 0. The van der Waals surface area contributed by atoms with E-state index in [2.05, 4.69) is 11.1 Å². The molecular weight excluding hydrogens is 372 g/mol. The molecular formula is C22H25N2O5+. The first-order valence-electron chi connectivity index (χ1n) is 9.44. The third kappa shape index (κ3) is 3.07. The Morgan fingerprint density at radius 2 is 1.76 bits per heavy atom. The van der Waals surface area contributed by atoms with E-state index < -0.39 is 0 Å². The minimum Gasteiger partial charge on any atom is -0.493 e. The molecule has 0 unspecified atom stereocenters. The van der Waals surface area contributed by atoms with Crippen LogP contribution < -0.4 is 19.5 Å². The number of esters is 1. The number of H-pyrrole nitrogens is 1. The molecule has 0 fully saturated rings. The number of carbonyl (C=O) groups is 1. The van der Waals surface area contributed by atoms with E-state index in [9.17, 15) is 4.79 Å². The lowest BCUT2D eigenvalue weighted by Gasteiger charge is -2.28. The Hall–Kier alpha value is -3.19. The number of ether oxygens (including phenoxy) is 4. The van der Waals surface area contributed by atoms with Gasteiger partial charge < -0.3 is 29.2 Å². The van der Waals surface area contributed by atoms with Crippen LogP contribution in [0.2, 0.25) is 0 Å². The summed E-state index contributed by atoms with van der Waals surface area (Å²) in [5.41, 5.74) is 4.12. The number of hydrogen-bond acceptors (Lipinski definition) is 5. The van der Waals surface area contributed by atoms with Crippen molar-refractivity contribution in [3.8, 4) is 17.2 Å². The van der Waals surface area contributed by atoms with Gasteiger partial charge in [-0.15, -0.1) is 0 Å². The summed E-state index contributed by atoms with van der Waals surface area (Å²) in [5.74, 6) is 1.46. The summed E-state index contributed by atoms with van der Waals surface area (Å²) in [6.07, 6.45) is 0.595. The standard InChI is InChI=1S/C22H24N2O5/c1-26-17-10-9-13(20(27-2)21(17)28-3)18-19-14(11-16(24-18)22(25)29-4)12-7-5-6-8-15(12)23-19/h5-10,16,18,23-24H,11H2,1-4H3/p+1/t16-,18+/m1/s1. The predicted octanol–water partition coefficient (Wildman–Crippen LogP) is 1.94. The van der Waals surface area contributed by atoms with Crippen molar-refractivity contribution in [2.24, 2.45) is 0 Å². The second-order valence-corrected chi connectivity index (χ2v) is 6.99. The highest BCUT2D eigenvalue weighted by Gasteiger charge is 2.40. The van der Waals surface area contributed by atoms with Crippen LogP contribution in [0.1, 0.15) is 22.9 Å². The predicted molar refractivity (Wildman–Crippen MR) is 108 cm³/mol. The van der Waals surface area contributed by atoms with Gasteiger partial charge in [0.2, 0.25) is 5.75 Å². The third-order valence-electron chi connectivity index (χ3n) is 5.58. The van der Waals surface area contributed by atoms with Crippen LogP contribution in [0.3, 0.4) is 0 Å². The molecule has 3 N–H and O–H groups in total. The van der Waals surface area contributed by atoms with Crippen molar-refractivity contribution >= 4 is 16.9 Å². The van der Waals surface area contributed by atoms with Gasteiger partial charge in [-0.25, -0.2) is 4.79 Å². The lowest BCUT2D eigenvalue weighted by atomic mass is 9.89. The number of fused-ring (bicyclic) bond motifs is 3. The average molecular weight is 397 g/mol. The van der Waals surface area contributed by atoms with Crippen molar-refractivity contribution in [1.82, 2.24) is 4.98 Å². The third-order valence-corrected chi connectivity index (χ3v) is 5.58. The van der Waals surface area contributed by atoms with Crippen molar-refractivity contribution in [3.05, 3.63) is 53.2 Å². The van der Waals surface area contributed by atoms with E-state index >= 15 is 0 Å². The lowest BCUT2D eigenvalue weighted by molar-refractivity contribution is -0.712. The van der Waals surface area contributed by atoms with Gasteiger partial charge in [-0.3, -0.25) is 0 Å². The highest BCUT2D eigenvalue weighted by atomic mass is 16.5. The van der Waals surface area contributed by atoms with Gasteiger partial charge in [0, 0.05) is 17.3 Å². The summed E-state index contributed by atoms with van der Waals surface area (Å²) in [7, 11) is 6.20. The molecule has 7 heteroatoms. The fraction of sp³-hybridized carbons (Fsp3) is 0.318. The van der Waals surface area contributed by atoms with Gasteiger partial charge in [0.15, 0.2) is 23.6 Å². The molecule has 1 aliphatic heterocycles. The van der Waals surface area contributed by atoms with E-state index in [0.717, 1.165) is 27.7 Å². The maximum atomic E-state index is 12.4. The first-order chi connectivity index (χ1) is 14.1. The van der Waals surface area contributed by atoms with Crippen LogP contribution >= 0.6 is 0 Å².